The van der Waals surface area contributed by atoms with Crippen LogP contribution in [0.3, 0.4) is 0 Å². The van der Waals surface area contributed by atoms with Gasteiger partial charge >= 0.3 is 0 Å². The molecular formula is C8H7Cl2N3. The highest BCUT2D eigenvalue weighted by Crippen LogP contribution is 2.10. The molecule has 68 valence electrons. The van der Waals surface area contributed by atoms with Gasteiger partial charge in [0.2, 0.25) is 0 Å². The first-order chi connectivity index (χ1) is 6.24. The topological polar surface area (TPSA) is 48.7 Å². The summed E-state index contributed by atoms with van der Waals surface area (Å²) in [6.45, 7) is 0.370. The molecule has 1 aromatic heterocycles. The van der Waals surface area contributed by atoms with Gasteiger partial charge in [-0.3, -0.25) is 0 Å². The molecule has 0 saturated heterocycles. The number of hydrogen-bond acceptors (Lipinski definition) is 3. The second-order valence-corrected chi connectivity index (χ2v) is 3.56. The highest BCUT2D eigenvalue weighted by molar-refractivity contribution is 6.44. The van der Waals surface area contributed by atoms with Crippen LogP contribution in [0.4, 0.5) is 5.82 Å². The van der Waals surface area contributed by atoms with E-state index in [0.29, 0.717) is 17.9 Å². The Balaban J connectivity index is 2.71. The first-order valence-corrected chi connectivity index (χ1v) is 4.48. The predicted molar refractivity (Wildman–Crippen MR) is 52.9 cm³/mol. The van der Waals surface area contributed by atoms with Crippen molar-refractivity contribution in [2.45, 2.75) is 4.84 Å². The third-order valence-electron chi connectivity index (χ3n) is 1.35. The first-order valence-electron chi connectivity index (χ1n) is 3.61. The summed E-state index contributed by atoms with van der Waals surface area (Å²) in [7, 11) is 0. The molecule has 0 aliphatic rings. The summed E-state index contributed by atoms with van der Waals surface area (Å²) < 4.78 is 0. The van der Waals surface area contributed by atoms with Crippen molar-refractivity contribution in [3.63, 3.8) is 0 Å². The molecule has 1 N–H and O–H groups in total. The maximum absolute atomic E-state index is 8.69. The van der Waals surface area contributed by atoms with Crippen LogP contribution in [0, 0.1) is 11.3 Å². The molecule has 0 amide bonds. The van der Waals surface area contributed by atoms with Crippen LogP contribution >= 0.6 is 23.2 Å². The van der Waals surface area contributed by atoms with Crippen LogP contribution in [0.15, 0.2) is 18.3 Å². The van der Waals surface area contributed by atoms with Gasteiger partial charge in [0.1, 0.15) is 16.7 Å². The molecule has 1 rings (SSSR count). The lowest BCUT2D eigenvalue weighted by molar-refractivity contribution is 1.11. The van der Waals surface area contributed by atoms with Crippen LogP contribution in [-0.2, 0) is 0 Å². The lowest BCUT2D eigenvalue weighted by Crippen LogP contribution is -2.10. The number of nitrogens with zero attached hydrogens (tertiary/aromatic N) is 2. The molecule has 0 saturated carbocycles. The number of alkyl halides is 2. The molecule has 13 heavy (non-hydrogen) atoms. The number of nitrogens with one attached hydrogen (secondary N) is 1. The van der Waals surface area contributed by atoms with E-state index in [1.807, 2.05) is 6.07 Å². The molecule has 0 aliphatic heterocycles. The minimum Gasteiger partial charge on any atom is -0.366 e. The molecule has 0 radical (unpaired) electrons. The third kappa shape index (κ3) is 3.10. The van der Waals surface area contributed by atoms with Gasteiger partial charge in [0.15, 0.2) is 0 Å². The number of anilines is 1. The van der Waals surface area contributed by atoms with Crippen molar-refractivity contribution in [2.75, 3.05) is 11.9 Å². The molecule has 5 heteroatoms. The molecule has 0 unspecified atom stereocenters. The maximum atomic E-state index is 8.69. The zero-order valence-corrected chi connectivity index (χ0v) is 8.18. The number of nitriles is 1. The van der Waals surface area contributed by atoms with E-state index in [2.05, 4.69) is 10.3 Å². The van der Waals surface area contributed by atoms with Crippen molar-refractivity contribution in [1.29, 1.82) is 5.26 Å². The van der Waals surface area contributed by atoms with Crippen LogP contribution in [0.5, 0.6) is 0 Å². The average Bonchev–Trinajstić information content (AvgIpc) is 2.15. The second kappa shape index (κ2) is 4.90. The van der Waals surface area contributed by atoms with Gasteiger partial charge in [-0.05, 0) is 12.1 Å². The maximum Gasteiger partial charge on any atom is 0.143 e. The summed E-state index contributed by atoms with van der Waals surface area (Å²) >= 11 is 11.0. The Morgan fingerprint density at radius 3 is 3.00 bits per heavy atom. The zero-order chi connectivity index (χ0) is 9.68. The normalized spacial score (nSPS) is 9.69. The van der Waals surface area contributed by atoms with Gasteiger partial charge in [-0.15, -0.1) is 23.2 Å². The van der Waals surface area contributed by atoms with Gasteiger partial charge in [0.25, 0.3) is 0 Å². The van der Waals surface area contributed by atoms with Gasteiger partial charge in [-0.2, -0.15) is 5.26 Å². The number of pyridine rings is 1. The molecule has 0 bridgehead atoms. The van der Waals surface area contributed by atoms with Gasteiger partial charge in [-0.1, -0.05) is 0 Å². The Kier molecular flexibility index (Phi) is 3.81. The highest BCUT2D eigenvalue weighted by atomic mass is 35.5. The van der Waals surface area contributed by atoms with Crippen molar-refractivity contribution in [3.05, 3.63) is 23.9 Å². The first kappa shape index (κ1) is 10.1. The Morgan fingerprint density at radius 1 is 1.62 bits per heavy atom. The van der Waals surface area contributed by atoms with Crippen LogP contribution in [0.2, 0.25) is 0 Å². The third-order valence-corrected chi connectivity index (χ3v) is 1.66. The fraction of sp³-hybridized carbons (Fsp3) is 0.250. The van der Waals surface area contributed by atoms with Gasteiger partial charge in [0, 0.05) is 12.7 Å². The Labute approximate surface area is 86.3 Å². The highest BCUT2D eigenvalue weighted by Gasteiger charge is 2.03. The minimum absolute atomic E-state index is 0.370. The molecule has 1 aromatic rings. The van der Waals surface area contributed by atoms with Crippen molar-refractivity contribution >= 4 is 29.0 Å². The molecule has 1 heterocycles. The Morgan fingerprint density at radius 2 is 2.38 bits per heavy atom. The summed E-state index contributed by atoms with van der Waals surface area (Å²) in [4.78, 5) is 3.46. The quantitative estimate of drug-likeness (QED) is 0.787. The van der Waals surface area contributed by atoms with Crippen LogP contribution in [0.25, 0.3) is 0 Å². The number of aromatic nitrogens is 1. The standard InChI is InChI=1S/C8H7Cl2N3/c9-7(10)5-13-8-6(4-11)2-1-3-12-8/h1-3,7H,5H2,(H,12,13). The van der Waals surface area contributed by atoms with Crippen molar-refractivity contribution in [1.82, 2.24) is 4.98 Å². The van der Waals surface area contributed by atoms with Crippen molar-refractivity contribution in [2.24, 2.45) is 0 Å². The largest absolute Gasteiger partial charge is 0.366 e. The number of halogens is 2. The summed E-state index contributed by atoms with van der Waals surface area (Å²) in [6, 6.07) is 5.38. The van der Waals surface area contributed by atoms with Crippen molar-refractivity contribution < 1.29 is 0 Å². The average molecular weight is 216 g/mol. The number of hydrogen-bond donors (Lipinski definition) is 1. The molecule has 0 aliphatic carbocycles. The predicted octanol–water partition coefficient (Wildman–Crippen LogP) is 2.17. The van der Waals surface area contributed by atoms with E-state index in [4.69, 9.17) is 28.5 Å². The van der Waals surface area contributed by atoms with Gasteiger partial charge < -0.3 is 5.32 Å². The molecule has 0 atom stereocenters. The second-order valence-electron chi connectivity index (χ2n) is 2.28. The lowest BCUT2D eigenvalue weighted by atomic mass is 10.3. The molecule has 0 fully saturated rings. The molecule has 3 nitrogen and oxygen atoms in total. The molecular weight excluding hydrogens is 209 g/mol. The van der Waals surface area contributed by atoms with Crippen LogP contribution in [-0.4, -0.2) is 16.4 Å². The van der Waals surface area contributed by atoms with E-state index in [1.54, 1.807) is 18.3 Å². The molecule has 0 aromatic carbocycles. The van der Waals surface area contributed by atoms with Crippen LogP contribution < -0.4 is 5.32 Å². The van der Waals surface area contributed by atoms with Crippen molar-refractivity contribution in [3.8, 4) is 6.07 Å². The Bertz CT molecular complexity index is 319. The van der Waals surface area contributed by atoms with Crippen LogP contribution in [0.1, 0.15) is 5.56 Å². The van der Waals surface area contributed by atoms with Gasteiger partial charge in [-0.25, -0.2) is 4.98 Å². The van der Waals surface area contributed by atoms with E-state index in [9.17, 15) is 0 Å². The SMILES string of the molecule is N#Cc1cccnc1NCC(Cl)Cl. The lowest BCUT2D eigenvalue weighted by Gasteiger charge is -2.06. The van der Waals surface area contributed by atoms with E-state index in [1.165, 1.54) is 0 Å². The minimum atomic E-state index is -0.506. The summed E-state index contributed by atoms with van der Waals surface area (Å²) in [5, 5.41) is 11.6. The van der Waals surface area contributed by atoms with E-state index < -0.39 is 4.84 Å². The summed E-state index contributed by atoms with van der Waals surface area (Å²) in [5.74, 6) is 0.510. The summed E-state index contributed by atoms with van der Waals surface area (Å²) in [5.41, 5.74) is 0.483. The zero-order valence-electron chi connectivity index (χ0n) is 6.67. The Hall–Kier alpha value is -0.980. The van der Waals surface area contributed by atoms with E-state index in [-0.39, 0.29) is 0 Å². The summed E-state index contributed by atoms with van der Waals surface area (Å²) in [6.07, 6.45) is 1.60. The fourth-order valence-electron chi connectivity index (χ4n) is 0.810. The monoisotopic (exact) mass is 215 g/mol. The van der Waals surface area contributed by atoms with E-state index in [0.717, 1.165) is 0 Å². The fourth-order valence-corrected chi connectivity index (χ4v) is 0.965. The smallest absolute Gasteiger partial charge is 0.143 e. The van der Waals surface area contributed by atoms with E-state index >= 15 is 0 Å². The number of rotatable bonds is 3. The van der Waals surface area contributed by atoms with Gasteiger partial charge in [0.05, 0.1) is 5.56 Å². The molecule has 0 spiro atoms.